The van der Waals surface area contributed by atoms with E-state index in [0.29, 0.717) is 48.7 Å². The Hall–Kier alpha value is -4.13. The summed E-state index contributed by atoms with van der Waals surface area (Å²) in [4.78, 5) is 19.2. The van der Waals surface area contributed by atoms with Gasteiger partial charge < -0.3 is 38.7 Å². The van der Waals surface area contributed by atoms with Gasteiger partial charge in [0.1, 0.15) is 23.0 Å². The van der Waals surface area contributed by atoms with Crippen LogP contribution in [-0.4, -0.2) is 73.1 Å². The zero-order valence-corrected chi connectivity index (χ0v) is 33.6. The molecule has 1 unspecified atom stereocenters. The molecular formula is C46H55NO9S. The Morgan fingerprint density at radius 1 is 0.982 bits per heavy atom. The Bertz CT molecular complexity index is 1880. The third-order valence-corrected chi connectivity index (χ3v) is 12.9. The first-order valence-electron chi connectivity index (χ1n) is 20.4. The number of nitrogens with zero attached hydrogens (tertiary/aromatic N) is 1. The molecule has 11 heteroatoms. The van der Waals surface area contributed by atoms with E-state index in [-0.39, 0.29) is 48.7 Å². The Morgan fingerprint density at radius 3 is 2.51 bits per heavy atom. The quantitative estimate of drug-likeness (QED) is 0.0525. The second kappa shape index (κ2) is 19.5. The van der Waals surface area contributed by atoms with Gasteiger partial charge in [-0.05, 0) is 104 Å². The smallest absolute Gasteiger partial charge is 0.231 e. The molecule has 0 bridgehead atoms. The minimum absolute atomic E-state index is 0.100. The molecule has 0 spiro atoms. The first kappa shape index (κ1) is 41.0. The van der Waals surface area contributed by atoms with Crippen molar-refractivity contribution >= 4 is 23.8 Å². The number of hydrogen-bond acceptors (Lipinski definition) is 11. The highest BCUT2D eigenvalue weighted by molar-refractivity contribution is 8.00. The van der Waals surface area contributed by atoms with Gasteiger partial charge in [-0.3, -0.25) is 4.79 Å². The number of rotatable bonds is 19. The third-order valence-electron chi connectivity index (χ3n) is 11.6. The molecule has 0 radical (unpaired) electrons. The summed E-state index contributed by atoms with van der Waals surface area (Å²) in [5, 5.41) is 24.5. The summed E-state index contributed by atoms with van der Waals surface area (Å²) < 4.78 is 32.2. The maximum absolute atomic E-state index is 11.9. The normalized spacial score (nSPS) is 27.0. The van der Waals surface area contributed by atoms with E-state index in [4.69, 9.17) is 33.7 Å². The summed E-state index contributed by atoms with van der Waals surface area (Å²) >= 11 is 1.73. The van der Waals surface area contributed by atoms with Crippen molar-refractivity contribution in [2.24, 2.45) is 22.9 Å². The number of aldehydes is 1. The van der Waals surface area contributed by atoms with Gasteiger partial charge in [0.15, 0.2) is 6.29 Å². The largest absolute Gasteiger partial charge is 0.496 e. The van der Waals surface area contributed by atoms with Crippen molar-refractivity contribution in [2.75, 3.05) is 33.5 Å². The molecule has 2 aliphatic heterocycles. The van der Waals surface area contributed by atoms with E-state index < -0.39 is 12.1 Å². The Labute approximate surface area is 340 Å². The topological polar surface area (TPSA) is 125 Å². The number of methoxy groups -OCH3 is 1. The van der Waals surface area contributed by atoms with Crippen molar-refractivity contribution in [3.05, 3.63) is 102 Å². The predicted octanol–water partition coefficient (Wildman–Crippen LogP) is 9.25. The number of ether oxygens (including phenoxy) is 5. The average molecular weight is 798 g/mol. The van der Waals surface area contributed by atoms with Crippen LogP contribution in [0.2, 0.25) is 0 Å². The number of hydrogen-bond donors (Lipinski definition) is 2. The van der Waals surface area contributed by atoms with Crippen molar-refractivity contribution < 1.29 is 43.5 Å². The first-order valence-corrected chi connectivity index (χ1v) is 21.3. The third kappa shape index (κ3) is 9.13. The van der Waals surface area contributed by atoms with Gasteiger partial charge in [0.25, 0.3) is 0 Å². The lowest BCUT2D eigenvalue weighted by Gasteiger charge is -2.58. The molecule has 2 fully saturated rings. The number of carbonyl (C=O) groups is 1. The molecule has 2 heterocycles. The molecule has 0 amide bonds. The summed E-state index contributed by atoms with van der Waals surface area (Å²) in [5.74, 6) is 1.10. The van der Waals surface area contributed by atoms with Crippen LogP contribution < -0.4 is 14.2 Å². The summed E-state index contributed by atoms with van der Waals surface area (Å²) in [6.07, 6.45) is 12.8. The lowest BCUT2D eigenvalue weighted by Crippen LogP contribution is -2.64. The average Bonchev–Trinajstić information content (AvgIpc) is 3.24. The standard InChI is InChI=1S/C46H55NO9S/c1-3-24-53-46-42(57-35-14-5-4-6-15-35)29-39(47-56-43-17-9-12-25-52-43)37-27-31(13-7-10-22-48)36(16-8-11-23-49)44(45(37)46)38-28-34(19-21-41(38)55-46)54-33-18-20-40(51-2)32(26-33)30-50/h3-6,14-15,18-21,26-28,30-31,36,42-45,48-49H,1,7-13,16-17,22-25,29H2,2H3/t31-,36+,42-,43?,44+,45+,46+/m0/s1. The summed E-state index contributed by atoms with van der Waals surface area (Å²) in [6, 6.07) is 21.5. The Kier molecular flexibility index (Phi) is 14.1. The van der Waals surface area contributed by atoms with Gasteiger partial charge in [-0.1, -0.05) is 48.3 Å². The van der Waals surface area contributed by atoms with Gasteiger partial charge in [0.05, 0.1) is 42.8 Å². The van der Waals surface area contributed by atoms with Crippen LogP contribution in [0.3, 0.4) is 0 Å². The van der Waals surface area contributed by atoms with Crippen molar-refractivity contribution in [3.63, 3.8) is 0 Å². The first-order chi connectivity index (χ1) is 28.0. The minimum Gasteiger partial charge on any atom is -0.496 e. The summed E-state index contributed by atoms with van der Waals surface area (Å²) in [6.45, 7) is 5.24. The van der Waals surface area contributed by atoms with Gasteiger partial charge in [-0.15, -0.1) is 18.3 Å². The van der Waals surface area contributed by atoms with Gasteiger partial charge >= 0.3 is 0 Å². The second-order valence-corrected chi connectivity index (χ2v) is 16.5. The van der Waals surface area contributed by atoms with Crippen LogP contribution in [0.4, 0.5) is 0 Å². The highest BCUT2D eigenvalue weighted by Gasteiger charge is 2.64. The summed E-state index contributed by atoms with van der Waals surface area (Å²) in [7, 11) is 1.53. The number of oxime groups is 1. The molecule has 10 nitrogen and oxygen atoms in total. The molecule has 1 saturated heterocycles. The highest BCUT2D eigenvalue weighted by atomic mass is 32.2. The fourth-order valence-electron chi connectivity index (χ4n) is 9.07. The van der Waals surface area contributed by atoms with Crippen LogP contribution in [0.5, 0.6) is 23.0 Å². The van der Waals surface area contributed by atoms with E-state index in [2.05, 4.69) is 30.9 Å². The Balaban J connectivity index is 1.40. The van der Waals surface area contributed by atoms with Gasteiger partial charge in [0.2, 0.25) is 12.1 Å². The molecule has 7 atom stereocenters. The number of carbonyl (C=O) groups excluding carboxylic acids is 1. The number of benzene rings is 3. The van der Waals surface area contributed by atoms with E-state index in [1.165, 1.54) is 7.11 Å². The molecule has 3 aromatic carbocycles. The molecule has 4 aliphatic rings. The van der Waals surface area contributed by atoms with Crippen molar-refractivity contribution in [3.8, 4) is 23.0 Å². The number of fused-ring (bicyclic) bond motifs is 2. The van der Waals surface area contributed by atoms with Crippen molar-refractivity contribution in [1.29, 1.82) is 0 Å². The molecule has 57 heavy (non-hydrogen) atoms. The summed E-state index contributed by atoms with van der Waals surface area (Å²) in [5.41, 5.74) is 3.33. The van der Waals surface area contributed by atoms with Gasteiger partial charge in [0, 0.05) is 42.4 Å². The van der Waals surface area contributed by atoms with Crippen LogP contribution in [-0.2, 0) is 14.3 Å². The van der Waals surface area contributed by atoms with E-state index in [1.54, 1.807) is 36.0 Å². The maximum atomic E-state index is 11.9. The fourth-order valence-corrected chi connectivity index (χ4v) is 10.4. The monoisotopic (exact) mass is 797 g/mol. The number of thioether (sulfide) groups is 1. The molecule has 0 aromatic heterocycles. The molecule has 7 rings (SSSR count). The lowest BCUT2D eigenvalue weighted by molar-refractivity contribution is -0.223. The van der Waals surface area contributed by atoms with Crippen LogP contribution in [0.25, 0.3) is 0 Å². The van der Waals surface area contributed by atoms with E-state index >= 15 is 0 Å². The fraction of sp³-hybridized carbons (Fsp3) is 0.478. The minimum atomic E-state index is -1.11. The van der Waals surface area contributed by atoms with Crippen molar-refractivity contribution in [2.45, 2.75) is 92.3 Å². The second-order valence-electron chi connectivity index (χ2n) is 15.2. The van der Waals surface area contributed by atoms with Crippen molar-refractivity contribution in [1.82, 2.24) is 0 Å². The molecule has 1 saturated carbocycles. The van der Waals surface area contributed by atoms with E-state index in [9.17, 15) is 15.0 Å². The van der Waals surface area contributed by atoms with Gasteiger partial charge in [-0.25, -0.2) is 0 Å². The van der Waals surface area contributed by atoms with E-state index in [1.807, 2.05) is 30.3 Å². The molecular weight excluding hydrogens is 743 g/mol. The van der Waals surface area contributed by atoms with Crippen LogP contribution in [0.15, 0.2) is 101 Å². The number of aliphatic hydroxyl groups is 2. The number of aliphatic hydroxyl groups excluding tert-OH is 2. The number of allylic oxidation sites excluding steroid dienone is 1. The van der Waals surface area contributed by atoms with Gasteiger partial charge in [-0.2, -0.15) is 0 Å². The zero-order valence-electron chi connectivity index (χ0n) is 32.8. The van der Waals surface area contributed by atoms with E-state index in [0.717, 1.165) is 78.7 Å². The SMILES string of the molecule is C=CCO[C@@]12Oc3ccc(Oc4ccc(OC)c(C=O)c4)cc3[C@H]3[C@H](CCCCO)[C@@H](CCCCO)C=C(C(=NOC4CCCCO4)C[C@@H]1Sc1ccccc1)[C@H]32. The molecule has 2 aliphatic carbocycles. The molecule has 3 aromatic rings. The number of unbranched alkanes of at least 4 members (excludes halogenated alkanes) is 2. The maximum Gasteiger partial charge on any atom is 0.231 e. The van der Waals surface area contributed by atoms with Crippen LogP contribution >= 0.6 is 11.8 Å². The molecule has 304 valence electrons. The molecule has 2 N–H and O–H groups in total. The van der Waals surface area contributed by atoms with Crippen LogP contribution in [0.1, 0.15) is 86.0 Å². The van der Waals surface area contributed by atoms with Crippen LogP contribution in [0, 0.1) is 17.8 Å². The zero-order chi connectivity index (χ0) is 39.6. The lowest BCUT2D eigenvalue weighted by atomic mass is 9.56. The predicted molar refractivity (Wildman–Crippen MR) is 220 cm³/mol. The highest BCUT2D eigenvalue weighted by Crippen LogP contribution is 2.63. The Morgan fingerprint density at radius 2 is 1.77 bits per heavy atom.